The molecule has 2 aromatic rings. The van der Waals surface area contributed by atoms with E-state index in [0.717, 1.165) is 16.9 Å². The number of carbonyl (C=O) groups is 1. The molecule has 0 aliphatic heterocycles. The zero-order chi connectivity index (χ0) is 23.1. The summed E-state index contributed by atoms with van der Waals surface area (Å²) in [6.07, 6.45) is 0.447. The Kier molecular flexibility index (Phi) is 14.4. The Bertz CT molecular complexity index is 699. The molecule has 0 bridgehead atoms. The van der Waals surface area contributed by atoms with Crippen LogP contribution in [0, 0.1) is 18.8 Å². The van der Waals surface area contributed by atoms with Crippen molar-refractivity contribution in [1.29, 1.82) is 0 Å². The van der Waals surface area contributed by atoms with Gasteiger partial charge in [-0.05, 0) is 42.9 Å². The van der Waals surface area contributed by atoms with Gasteiger partial charge in [-0.2, -0.15) is 0 Å². The predicted molar refractivity (Wildman–Crippen MR) is 130 cm³/mol. The van der Waals surface area contributed by atoms with Crippen LogP contribution in [-0.4, -0.2) is 30.5 Å². The summed E-state index contributed by atoms with van der Waals surface area (Å²) in [6, 6.07) is 18.1. The van der Waals surface area contributed by atoms with E-state index in [4.69, 9.17) is 4.74 Å². The van der Waals surface area contributed by atoms with Crippen molar-refractivity contribution in [3.63, 3.8) is 0 Å². The smallest absolute Gasteiger partial charge is 0.226 e. The first kappa shape index (κ1) is 27.7. The van der Waals surface area contributed by atoms with E-state index in [1.165, 1.54) is 0 Å². The maximum atomic E-state index is 12.6. The number of rotatable bonds is 8. The summed E-state index contributed by atoms with van der Waals surface area (Å²) >= 11 is 0. The van der Waals surface area contributed by atoms with E-state index in [9.17, 15) is 4.79 Å². The molecule has 0 aromatic heterocycles. The maximum absolute atomic E-state index is 12.6. The highest BCUT2D eigenvalue weighted by Gasteiger charge is 2.25. The third-order valence-corrected chi connectivity index (χ3v) is 5.46. The number of hydrogen-bond donors (Lipinski definition) is 0. The van der Waals surface area contributed by atoms with Gasteiger partial charge < -0.3 is 9.64 Å². The summed E-state index contributed by atoms with van der Waals surface area (Å²) in [6.45, 7) is 17.2. The highest BCUT2D eigenvalue weighted by Crippen LogP contribution is 2.23. The van der Waals surface area contributed by atoms with E-state index in [0.29, 0.717) is 24.9 Å². The van der Waals surface area contributed by atoms with Gasteiger partial charge >= 0.3 is 0 Å². The molecule has 0 saturated heterocycles. The molecule has 0 aliphatic carbocycles. The lowest BCUT2D eigenvalue weighted by atomic mass is 9.89. The summed E-state index contributed by atoms with van der Waals surface area (Å²) in [5.41, 5.74) is 2.20. The molecule has 0 saturated carbocycles. The topological polar surface area (TPSA) is 29.5 Å². The summed E-state index contributed by atoms with van der Waals surface area (Å²) in [5.74, 6) is 1.77. The molecule has 168 valence electrons. The van der Waals surface area contributed by atoms with Crippen molar-refractivity contribution in [1.82, 2.24) is 4.90 Å². The Labute approximate surface area is 185 Å². The molecule has 0 fully saturated rings. The Balaban J connectivity index is 0.00000198. The van der Waals surface area contributed by atoms with Crippen LogP contribution in [-0.2, 0) is 11.2 Å². The summed E-state index contributed by atoms with van der Waals surface area (Å²) < 4.78 is 6.00. The van der Waals surface area contributed by atoms with E-state index in [1.54, 1.807) is 0 Å². The van der Waals surface area contributed by atoms with Gasteiger partial charge in [0.1, 0.15) is 5.75 Å². The Morgan fingerprint density at radius 1 is 0.900 bits per heavy atom. The molecule has 3 heteroatoms. The summed E-state index contributed by atoms with van der Waals surface area (Å²) in [5, 5.41) is 0. The zero-order valence-corrected chi connectivity index (χ0v) is 20.6. The van der Waals surface area contributed by atoms with Crippen LogP contribution in [0.4, 0.5) is 0 Å². The number of para-hydroxylation sites is 1. The number of hydrogen-bond acceptors (Lipinski definition) is 2. The largest absolute Gasteiger partial charge is 0.493 e. The van der Waals surface area contributed by atoms with Gasteiger partial charge in [-0.25, -0.2) is 0 Å². The zero-order valence-electron chi connectivity index (χ0n) is 20.6. The van der Waals surface area contributed by atoms with Crippen LogP contribution in [0.5, 0.6) is 5.75 Å². The molecular weight excluding hydrogens is 370 g/mol. The molecule has 2 aromatic carbocycles. The third kappa shape index (κ3) is 9.02. The molecule has 2 rings (SSSR count). The molecule has 0 radical (unpaired) electrons. The van der Waals surface area contributed by atoms with Crippen LogP contribution in [0.3, 0.4) is 0 Å². The Hall–Kier alpha value is -2.29. The molecule has 3 atom stereocenters. The lowest BCUT2D eigenvalue weighted by Gasteiger charge is -2.33. The minimum absolute atomic E-state index is 0.154. The van der Waals surface area contributed by atoms with Crippen molar-refractivity contribution in [2.45, 2.75) is 67.9 Å². The molecule has 30 heavy (non-hydrogen) atoms. The number of amides is 1. The fraction of sp³-hybridized carbons (Fsp3) is 0.519. The predicted octanol–water partition coefficient (Wildman–Crippen LogP) is 6.79. The lowest BCUT2D eigenvalue weighted by molar-refractivity contribution is -0.132. The van der Waals surface area contributed by atoms with Gasteiger partial charge in [0.2, 0.25) is 5.91 Å². The Morgan fingerprint density at radius 2 is 1.43 bits per heavy atom. The van der Waals surface area contributed by atoms with Crippen molar-refractivity contribution in [2.75, 3.05) is 13.7 Å². The summed E-state index contributed by atoms with van der Waals surface area (Å²) in [4.78, 5) is 14.5. The maximum Gasteiger partial charge on any atom is 0.226 e. The van der Waals surface area contributed by atoms with Crippen LogP contribution >= 0.6 is 0 Å². The number of ether oxygens (including phenoxy) is 1. The molecule has 0 aliphatic rings. The fourth-order valence-electron chi connectivity index (χ4n) is 3.04. The number of nitrogens with zero attached hydrogens (tertiary/aromatic N) is 1. The van der Waals surface area contributed by atoms with Crippen molar-refractivity contribution < 1.29 is 9.53 Å². The highest BCUT2D eigenvalue weighted by atomic mass is 16.5. The minimum Gasteiger partial charge on any atom is -0.493 e. The van der Waals surface area contributed by atoms with E-state index >= 15 is 0 Å². The second-order valence-electron chi connectivity index (χ2n) is 7.32. The Morgan fingerprint density at radius 3 is 2.00 bits per heavy atom. The number of carbonyl (C=O) groups excluding carboxylic acids is 1. The first-order valence-corrected chi connectivity index (χ1v) is 11.4. The standard InChI is InChI=1S/C23H31NO2.2C2H6/c1-17-11-9-10-14-22(17)26-16-18(2)19(3)20(4)24(5)23(25)15-21-12-7-6-8-13-21;2*1-2/h6-14,18-20H,15-16H2,1-5H3;2*1-2H3. The van der Waals surface area contributed by atoms with Gasteiger partial charge in [-0.15, -0.1) is 0 Å². The average Bonchev–Trinajstić information content (AvgIpc) is 2.80. The molecule has 0 heterocycles. The number of likely N-dealkylation sites (N-methyl/N-ethyl adjacent to an activating group) is 1. The molecule has 3 unspecified atom stereocenters. The third-order valence-electron chi connectivity index (χ3n) is 5.46. The van der Waals surface area contributed by atoms with Crippen molar-refractivity contribution in [3.8, 4) is 5.75 Å². The van der Waals surface area contributed by atoms with Gasteiger partial charge in [-0.3, -0.25) is 4.79 Å². The second kappa shape index (κ2) is 15.5. The SMILES string of the molecule is CC.CC.Cc1ccccc1OCC(C)C(C)C(C)N(C)C(=O)Cc1ccccc1. The average molecular weight is 414 g/mol. The molecule has 3 nitrogen and oxygen atoms in total. The molecular formula is C27H43NO2. The van der Waals surface area contributed by atoms with Gasteiger partial charge in [-0.1, -0.05) is 90.1 Å². The van der Waals surface area contributed by atoms with Crippen LogP contribution in [0.1, 0.15) is 59.6 Å². The molecule has 1 amide bonds. The second-order valence-corrected chi connectivity index (χ2v) is 7.32. The lowest BCUT2D eigenvalue weighted by Crippen LogP contribution is -2.42. The van der Waals surface area contributed by atoms with E-state index < -0.39 is 0 Å². The van der Waals surface area contributed by atoms with E-state index in [-0.39, 0.29) is 11.9 Å². The first-order chi connectivity index (χ1) is 14.4. The molecule has 0 spiro atoms. The normalized spacial score (nSPS) is 12.8. The first-order valence-electron chi connectivity index (χ1n) is 11.4. The van der Waals surface area contributed by atoms with Crippen LogP contribution < -0.4 is 4.74 Å². The van der Waals surface area contributed by atoms with Gasteiger partial charge in [0.25, 0.3) is 0 Å². The van der Waals surface area contributed by atoms with E-state index in [2.05, 4.69) is 33.8 Å². The number of benzene rings is 2. The van der Waals surface area contributed by atoms with Crippen molar-refractivity contribution in [3.05, 3.63) is 65.7 Å². The minimum atomic E-state index is 0.154. The van der Waals surface area contributed by atoms with Crippen molar-refractivity contribution in [2.24, 2.45) is 11.8 Å². The van der Waals surface area contributed by atoms with E-state index in [1.807, 2.05) is 88.2 Å². The highest BCUT2D eigenvalue weighted by molar-refractivity contribution is 5.78. The fourth-order valence-corrected chi connectivity index (χ4v) is 3.04. The van der Waals surface area contributed by atoms with Crippen LogP contribution in [0.15, 0.2) is 54.6 Å². The van der Waals surface area contributed by atoms with Crippen molar-refractivity contribution >= 4 is 5.91 Å². The van der Waals surface area contributed by atoms with Gasteiger partial charge in [0, 0.05) is 13.1 Å². The quantitative estimate of drug-likeness (QED) is 0.477. The monoisotopic (exact) mass is 413 g/mol. The molecule has 0 N–H and O–H groups in total. The van der Waals surface area contributed by atoms with Crippen LogP contribution in [0.2, 0.25) is 0 Å². The van der Waals surface area contributed by atoms with Gasteiger partial charge in [0.05, 0.1) is 13.0 Å². The summed E-state index contributed by atoms with van der Waals surface area (Å²) in [7, 11) is 1.90. The number of aryl methyl sites for hydroxylation is 1. The van der Waals surface area contributed by atoms with Gasteiger partial charge in [0.15, 0.2) is 0 Å². The van der Waals surface area contributed by atoms with Crippen LogP contribution in [0.25, 0.3) is 0 Å².